The summed E-state index contributed by atoms with van der Waals surface area (Å²) in [5.41, 5.74) is 0. The number of carboxylic acids is 2. The van der Waals surface area contributed by atoms with Gasteiger partial charge >= 0.3 is 11.9 Å². The van der Waals surface area contributed by atoms with Crippen molar-refractivity contribution in [2.45, 2.75) is 177 Å². The molecule has 12 atom stereocenters. The summed E-state index contributed by atoms with van der Waals surface area (Å²) in [5.74, 6) is -2.73. The van der Waals surface area contributed by atoms with E-state index in [1.807, 2.05) is 6.92 Å². The fourth-order valence-corrected chi connectivity index (χ4v) is 6.10. The number of carboxylic acid groups (broad SMARTS) is 2. The van der Waals surface area contributed by atoms with Crippen LogP contribution in [0.15, 0.2) is 12.2 Å². The van der Waals surface area contributed by atoms with Gasteiger partial charge in [-0.3, -0.25) is 9.59 Å². The Kier molecular flexibility index (Phi) is 22.0. The Bertz CT molecular complexity index is 1060. The number of hydrogen-bond donors (Lipinski definition) is 10. The number of aliphatic carboxylic acids is 2. The molecule has 0 bridgehead atoms. The number of allylic oxidation sites excluding steroid dienone is 2. The van der Waals surface area contributed by atoms with Crippen molar-refractivity contribution >= 4 is 17.8 Å². The summed E-state index contributed by atoms with van der Waals surface area (Å²) >= 11 is 0. The molecule has 17 nitrogen and oxygen atoms in total. The molecule has 52 heavy (non-hydrogen) atoms. The lowest BCUT2D eigenvalue weighted by Crippen LogP contribution is -2.64. The molecule has 2 aliphatic heterocycles. The smallest absolute Gasteiger partial charge is 0.326 e. The largest absolute Gasteiger partial charge is 0.481 e. The van der Waals surface area contributed by atoms with Crippen LogP contribution in [-0.4, -0.2) is 151 Å². The summed E-state index contributed by atoms with van der Waals surface area (Å²) in [6.45, 7) is 0.532. The highest BCUT2D eigenvalue weighted by Gasteiger charge is 2.51. The van der Waals surface area contributed by atoms with Crippen LogP contribution in [0.4, 0.5) is 0 Å². The third kappa shape index (κ3) is 16.0. The minimum atomic E-state index is -1.74. The molecule has 0 aromatic rings. The van der Waals surface area contributed by atoms with Crippen molar-refractivity contribution in [3.63, 3.8) is 0 Å². The molecule has 0 radical (unpaired) electrons. The molecular weight excluding hydrogens is 690 g/mol. The second-order valence-corrected chi connectivity index (χ2v) is 13.6. The summed E-state index contributed by atoms with van der Waals surface area (Å²) in [6, 6.07) is -1.19. The van der Waals surface area contributed by atoms with Crippen LogP contribution in [0.3, 0.4) is 0 Å². The zero-order chi connectivity index (χ0) is 38.6. The third-order valence-electron chi connectivity index (χ3n) is 9.28. The Morgan fingerprint density at radius 1 is 0.673 bits per heavy atom. The molecular formula is C35H61NO16. The summed E-state index contributed by atoms with van der Waals surface area (Å²) in [4.78, 5) is 33.8. The number of aliphatic hydroxyl groups is 7. The Hall–Kier alpha value is -2.29. The average Bonchev–Trinajstić information content (AvgIpc) is 3.10. The number of carbonyl (C=O) groups is 3. The van der Waals surface area contributed by atoms with E-state index in [1.165, 1.54) is 0 Å². The van der Waals surface area contributed by atoms with E-state index < -0.39 is 92.6 Å². The monoisotopic (exact) mass is 751 g/mol. The summed E-state index contributed by atoms with van der Waals surface area (Å²) in [6.07, 6.45) is -0.249. The zero-order valence-corrected chi connectivity index (χ0v) is 30.0. The number of nitrogens with one attached hydrogen (secondary N) is 1. The quantitative estimate of drug-likeness (QED) is 0.0414. The average molecular weight is 752 g/mol. The van der Waals surface area contributed by atoms with Crippen LogP contribution in [0.1, 0.15) is 103 Å². The molecule has 2 saturated heterocycles. The summed E-state index contributed by atoms with van der Waals surface area (Å²) in [7, 11) is 0. The minimum Gasteiger partial charge on any atom is -0.481 e. The van der Waals surface area contributed by atoms with E-state index >= 15 is 0 Å². The Morgan fingerprint density at radius 3 is 1.79 bits per heavy atom. The molecule has 302 valence electrons. The number of ether oxygens (including phenoxy) is 4. The SMILES string of the molecule is CC(CCCCCC/C=C\CCCCCCCC(=O)N[C@@H](CCC(=O)O)C(=O)O)O[C@@H]1O[C@H](CO)[C@@H](O)[C@H](O)[C@H]1O[C@@H]1O[C@H](CO)[C@@H](O)[C@H](O)[C@H]1O. The topological polar surface area (TPSA) is 282 Å². The van der Waals surface area contributed by atoms with E-state index in [2.05, 4.69) is 17.5 Å². The van der Waals surface area contributed by atoms with Crippen LogP contribution in [0.2, 0.25) is 0 Å². The first kappa shape index (κ1) is 45.9. The molecule has 0 spiro atoms. The van der Waals surface area contributed by atoms with Gasteiger partial charge in [0.25, 0.3) is 0 Å². The maximum Gasteiger partial charge on any atom is 0.326 e. The second-order valence-electron chi connectivity index (χ2n) is 13.6. The fraction of sp³-hybridized carbons (Fsp3) is 0.857. The Labute approximate surface area is 304 Å². The summed E-state index contributed by atoms with van der Waals surface area (Å²) < 4.78 is 22.8. The molecule has 2 rings (SSSR count). The van der Waals surface area contributed by atoms with E-state index in [-0.39, 0.29) is 31.3 Å². The zero-order valence-electron chi connectivity index (χ0n) is 30.0. The van der Waals surface area contributed by atoms with E-state index in [4.69, 9.17) is 29.2 Å². The van der Waals surface area contributed by atoms with Crippen LogP contribution < -0.4 is 5.32 Å². The van der Waals surface area contributed by atoms with Crippen molar-refractivity contribution in [1.82, 2.24) is 5.32 Å². The normalized spacial score (nSPS) is 30.6. The Balaban J connectivity index is 1.59. The number of unbranched alkanes of at least 4 members (excludes halogenated alkanes) is 9. The standard InChI is InChI=1S/C35H61NO16/c1-21(49-35-32(30(45)28(43)24(20-38)51-35)52-34-31(46)29(44)27(42)23(19-37)50-34)15-13-11-9-7-5-3-2-4-6-8-10-12-14-16-25(39)36-22(33(47)48)17-18-26(40)41/h2-3,21-24,27-32,34-35,37-38,42-46H,4-20H2,1H3,(H,36,39)(H,40,41)(H,47,48)/b3-2-/t21?,22-,23+,24+,27+,28+,29-,30-,31+,32+,34-,35+/m0/s1. The molecule has 0 aliphatic carbocycles. The highest BCUT2D eigenvalue weighted by molar-refractivity contribution is 5.83. The van der Waals surface area contributed by atoms with Crippen molar-refractivity contribution in [3.8, 4) is 0 Å². The van der Waals surface area contributed by atoms with Crippen LogP contribution in [0.5, 0.6) is 0 Å². The van der Waals surface area contributed by atoms with Crippen LogP contribution in [0.25, 0.3) is 0 Å². The first-order valence-electron chi connectivity index (χ1n) is 18.4. The van der Waals surface area contributed by atoms with Crippen molar-refractivity contribution in [1.29, 1.82) is 0 Å². The highest BCUT2D eigenvalue weighted by Crippen LogP contribution is 2.30. The number of rotatable bonds is 26. The molecule has 2 heterocycles. The first-order chi connectivity index (χ1) is 24.8. The summed E-state index contributed by atoms with van der Waals surface area (Å²) in [5, 5.41) is 91.1. The van der Waals surface area contributed by atoms with Crippen LogP contribution in [0, 0.1) is 0 Å². The van der Waals surface area contributed by atoms with Gasteiger partial charge in [0.15, 0.2) is 12.6 Å². The predicted molar refractivity (Wildman–Crippen MR) is 183 cm³/mol. The lowest BCUT2D eigenvalue weighted by Gasteiger charge is -2.46. The van der Waals surface area contributed by atoms with Gasteiger partial charge in [-0.15, -0.1) is 0 Å². The number of aliphatic hydroxyl groups excluding tert-OH is 7. The Morgan fingerprint density at radius 2 is 1.21 bits per heavy atom. The third-order valence-corrected chi connectivity index (χ3v) is 9.28. The maximum atomic E-state index is 12.0. The number of hydrogen-bond acceptors (Lipinski definition) is 14. The number of carbonyl (C=O) groups excluding carboxylic acids is 1. The van der Waals surface area contributed by atoms with E-state index in [1.54, 1.807) is 0 Å². The van der Waals surface area contributed by atoms with Crippen LogP contribution >= 0.6 is 0 Å². The maximum absolute atomic E-state index is 12.0. The van der Waals surface area contributed by atoms with Gasteiger partial charge in [0.05, 0.1) is 19.3 Å². The second kappa shape index (κ2) is 24.9. The van der Waals surface area contributed by atoms with Crippen molar-refractivity contribution in [2.75, 3.05) is 13.2 Å². The molecule has 10 N–H and O–H groups in total. The first-order valence-corrected chi connectivity index (χ1v) is 18.4. The molecule has 2 fully saturated rings. The van der Waals surface area contributed by atoms with Crippen LogP contribution in [-0.2, 0) is 33.3 Å². The molecule has 0 saturated carbocycles. The van der Waals surface area contributed by atoms with E-state index in [0.29, 0.717) is 12.8 Å². The molecule has 1 unspecified atom stereocenters. The van der Waals surface area contributed by atoms with E-state index in [0.717, 1.165) is 64.2 Å². The predicted octanol–water partition coefficient (Wildman–Crippen LogP) is 0.0773. The van der Waals surface area contributed by atoms with Gasteiger partial charge in [-0.05, 0) is 51.9 Å². The van der Waals surface area contributed by atoms with E-state index in [9.17, 15) is 50.1 Å². The van der Waals surface area contributed by atoms with Crippen molar-refractivity contribution in [3.05, 3.63) is 12.2 Å². The fourth-order valence-electron chi connectivity index (χ4n) is 6.10. The minimum absolute atomic E-state index is 0.149. The van der Waals surface area contributed by atoms with Gasteiger partial charge in [0, 0.05) is 12.8 Å². The van der Waals surface area contributed by atoms with Gasteiger partial charge in [0.2, 0.25) is 5.91 Å². The molecule has 1 amide bonds. The van der Waals surface area contributed by atoms with Gasteiger partial charge in [-0.2, -0.15) is 0 Å². The van der Waals surface area contributed by atoms with Gasteiger partial charge in [-0.1, -0.05) is 50.7 Å². The lowest BCUT2D eigenvalue weighted by molar-refractivity contribution is -0.371. The van der Waals surface area contributed by atoms with Crippen molar-refractivity contribution < 1.29 is 79.3 Å². The van der Waals surface area contributed by atoms with Crippen molar-refractivity contribution in [2.24, 2.45) is 0 Å². The van der Waals surface area contributed by atoms with Gasteiger partial charge in [-0.25, -0.2) is 4.79 Å². The number of amides is 1. The lowest BCUT2D eigenvalue weighted by atomic mass is 9.97. The molecule has 0 aromatic carbocycles. The molecule has 2 aliphatic rings. The van der Waals surface area contributed by atoms with Gasteiger partial charge in [0.1, 0.15) is 54.9 Å². The highest BCUT2D eigenvalue weighted by atomic mass is 16.8. The molecule has 17 heteroatoms. The molecule has 0 aromatic heterocycles. The van der Waals surface area contributed by atoms with Gasteiger partial charge < -0.3 is 70.2 Å².